The van der Waals surface area contributed by atoms with Gasteiger partial charge in [-0.15, -0.1) is 0 Å². The second kappa shape index (κ2) is 8.85. The Morgan fingerprint density at radius 1 is 1.06 bits per heavy atom. The average Bonchev–Trinajstić information content (AvgIpc) is 2.81. The van der Waals surface area contributed by atoms with E-state index in [2.05, 4.69) is 34.6 Å². The van der Waals surface area contributed by atoms with Crippen LogP contribution in [0, 0.1) is 5.82 Å². The van der Waals surface area contributed by atoms with Gasteiger partial charge in [0, 0.05) is 28.7 Å². The van der Waals surface area contributed by atoms with Crippen LogP contribution in [-0.4, -0.2) is 16.5 Å². The third-order valence-electron chi connectivity index (χ3n) is 7.84. The highest BCUT2D eigenvalue weighted by Crippen LogP contribution is 2.53. The molecule has 0 bridgehead atoms. The zero-order valence-electron chi connectivity index (χ0n) is 21.8. The molecule has 0 unspecified atom stereocenters. The molecule has 1 spiro atoms. The Bertz CT molecular complexity index is 1290. The summed E-state index contributed by atoms with van der Waals surface area (Å²) < 4.78 is 20.4. The lowest BCUT2D eigenvalue weighted by Crippen LogP contribution is -2.47. The number of rotatable bonds is 4. The summed E-state index contributed by atoms with van der Waals surface area (Å²) in [6.07, 6.45) is 2.68. The van der Waals surface area contributed by atoms with Gasteiger partial charge in [0.15, 0.2) is 5.78 Å². The Kier molecular flexibility index (Phi) is 6.07. The smallest absolute Gasteiger partial charge is 0.193 e. The SMILES string of the molecule is CC(C)c1cc2c(c(-c3ccc(F)cc3)c1C(=O)c1ccc(C(C)(C)C)cc1)[C@@H](O)CC1(CCC1)O2. The van der Waals surface area contributed by atoms with E-state index in [0.29, 0.717) is 40.0 Å². The van der Waals surface area contributed by atoms with Crippen LogP contribution >= 0.6 is 0 Å². The zero-order valence-corrected chi connectivity index (χ0v) is 21.8. The molecule has 0 amide bonds. The van der Waals surface area contributed by atoms with Gasteiger partial charge in [-0.2, -0.15) is 0 Å². The molecule has 2 aliphatic rings. The summed E-state index contributed by atoms with van der Waals surface area (Å²) in [5, 5.41) is 11.4. The molecule has 1 atom stereocenters. The predicted molar refractivity (Wildman–Crippen MR) is 141 cm³/mol. The van der Waals surface area contributed by atoms with E-state index in [9.17, 15) is 14.3 Å². The molecular weight excluding hydrogens is 451 g/mol. The van der Waals surface area contributed by atoms with Gasteiger partial charge in [0.05, 0.1) is 6.10 Å². The van der Waals surface area contributed by atoms with Crippen molar-refractivity contribution in [2.24, 2.45) is 0 Å². The molecule has 36 heavy (non-hydrogen) atoms. The zero-order chi connectivity index (χ0) is 25.8. The van der Waals surface area contributed by atoms with E-state index in [1.165, 1.54) is 12.1 Å². The fraction of sp³-hybridized carbons (Fsp3) is 0.406. The summed E-state index contributed by atoms with van der Waals surface area (Å²) in [7, 11) is 0. The first kappa shape index (κ1) is 24.7. The van der Waals surface area contributed by atoms with Gasteiger partial charge < -0.3 is 9.84 Å². The summed E-state index contributed by atoms with van der Waals surface area (Å²) in [5.74, 6) is 0.249. The Balaban J connectivity index is 1.74. The first-order valence-corrected chi connectivity index (χ1v) is 13.0. The number of halogens is 1. The van der Waals surface area contributed by atoms with Crippen molar-refractivity contribution in [3.63, 3.8) is 0 Å². The Hall–Kier alpha value is -2.98. The van der Waals surface area contributed by atoms with Crippen molar-refractivity contribution in [1.29, 1.82) is 0 Å². The number of fused-ring (bicyclic) bond motifs is 1. The van der Waals surface area contributed by atoms with Crippen LogP contribution in [0.1, 0.15) is 105 Å². The molecule has 3 aromatic carbocycles. The summed E-state index contributed by atoms with van der Waals surface area (Å²) in [5.41, 5.74) is 4.84. The molecule has 1 N–H and O–H groups in total. The number of ether oxygens (including phenoxy) is 1. The number of ketones is 1. The van der Waals surface area contributed by atoms with Crippen molar-refractivity contribution < 1.29 is 19.0 Å². The van der Waals surface area contributed by atoms with E-state index in [4.69, 9.17) is 4.74 Å². The fourth-order valence-electron chi connectivity index (χ4n) is 5.60. The molecule has 3 nitrogen and oxygen atoms in total. The van der Waals surface area contributed by atoms with Crippen LogP contribution in [0.3, 0.4) is 0 Å². The quantitative estimate of drug-likeness (QED) is 0.382. The minimum absolute atomic E-state index is 0.0192. The van der Waals surface area contributed by atoms with Crippen molar-refractivity contribution in [3.05, 3.63) is 88.2 Å². The van der Waals surface area contributed by atoms with Gasteiger partial charge in [-0.05, 0) is 65.5 Å². The van der Waals surface area contributed by atoms with Crippen LogP contribution in [0.2, 0.25) is 0 Å². The fourth-order valence-corrected chi connectivity index (χ4v) is 5.60. The lowest BCUT2D eigenvalue weighted by molar-refractivity contribution is -0.0661. The molecule has 5 rings (SSSR count). The largest absolute Gasteiger partial charge is 0.487 e. The number of carbonyl (C=O) groups is 1. The van der Waals surface area contributed by atoms with Crippen LogP contribution in [-0.2, 0) is 5.41 Å². The normalized spacial score (nSPS) is 18.5. The lowest BCUT2D eigenvalue weighted by Gasteiger charge is -2.47. The average molecular weight is 487 g/mol. The van der Waals surface area contributed by atoms with Crippen molar-refractivity contribution in [1.82, 2.24) is 0 Å². The van der Waals surface area contributed by atoms with Gasteiger partial charge in [-0.25, -0.2) is 4.39 Å². The maximum atomic E-state index is 14.2. The molecular formula is C32H35FO3. The van der Waals surface area contributed by atoms with Crippen molar-refractivity contribution in [2.75, 3.05) is 0 Å². The van der Waals surface area contributed by atoms with Crippen molar-refractivity contribution >= 4 is 5.78 Å². The maximum Gasteiger partial charge on any atom is 0.193 e. The Morgan fingerprint density at radius 2 is 1.69 bits per heavy atom. The van der Waals surface area contributed by atoms with Crippen LogP contribution in [0.15, 0.2) is 54.6 Å². The van der Waals surface area contributed by atoms with Crippen LogP contribution < -0.4 is 4.74 Å². The number of carbonyl (C=O) groups excluding carboxylic acids is 1. The van der Waals surface area contributed by atoms with Crippen LogP contribution in [0.5, 0.6) is 5.75 Å². The number of aliphatic hydroxyl groups excluding tert-OH is 1. The molecule has 0 aromatic heterocycles. The van der Waals surface area contributed by atoms with E-state index in [1.807, 2.05) is 30.3 Å². The van der Waals surface area contributed by atoms with Crippen LogP contribution in [0.4, 0.5) is 4.39 Å². The molecule has 0 radical (unpaired) electrons. The molecule has 1 aliphatic carbocycles. The maximum absolute atomic E-state index is 14.2. The van der Waals surface area contributed by atoms with E-state index < -0.39 is 6.10 Å². The third kappa shape index (κ3) is 4.26. The molecule has 4 heteroatoms. The summed E-state index contributed by atoms with van der Waals surface area (Å²) >= 11 is 0. The van der Waals surface area contributed by atoms with Gasteiger partial charge in [0.2, 0.25) is 0 Å². The summed E-state index contributed by atoms with van der Waals surface area (Å²) in [6.45, 7) is 10.6. The molecule has 1 saturated carbocycles. The first-order chi connectivity index (χ1) is 17.0. The van der Waals surface area contributed by atoms with E-state index in [1.54, 1.807) is 12.1 Å². The second-order valence-corrected chi connectivity index (χ2v) is 11.8. The number of aliphatic hydroxyl groups is 1. The Morgan fingerprint density at radius 3 is 2.22 bits per heavy atom. The van der Waals surface area contributed by atoms with E-state index in [0.717, 1.165) is 30.4 Å². The Labute approximate surface area is 213 Å². The topological polar surface area (TPSA) is 46.5 Å². The van der Waals surface area contributed by atoms with Gasteiger partial charge in [0.1, 0.15) is 17.2 Å². The molecule has 1 fully saturated rings. The minimum atomic E-state index is -0.759. The van der Waals surface area contributed by atoms with Crippen LogP contribution in [0.25, 0.3) is 11.1 Å². The molecule has 0 saturated heterocycles. The molecule has 3 aromatic rings. The summed E-state index contributed by atoms with van der Waals surface area (Å²) in [6, 6.07) is 15.9. The van der Waals surface area contributed by atoms with Gasteiger partial charge in [0.25, 0.3) is 0 Å². The molecule has 1 aliphatic heterocycles. The third-order valence-corrected chi connectivity index (χ3v) is 7.84. The highest BCUT2D eigenvalue weighted by Gasteiger charge is 2.47. The summed E-state index contributed by atoms with van der Waals surface area (Å²) in [4.78, 5) is 14.2. The standard InChI is InChI=1S/C32H35FO3/c1-19(2)24-17-26-29(25(34)18-32(36-26)15-6-16-32)27(20-9-13-23(33)14-10-20)28(24)30(35)21-7-11-22(12-8-21)31(3,4)5/h7-14,17,19,25,34H,6,15-16,18H2,1-5H3/t25-/m0/s1. The highest BCUT2D eigenvalue weighted by molar-refractivity contribution is 6.14. The van der Waals surface area contributed by atoms with Gasteiger partial charge in [-0.1, -0.05) is 71.0 Å². The monoisotopic (exact) mass is 486 g/mol. The molecule has 188 valence electrons. The van der Waals surface area contributed by atoms with Gasteiger partial charge in [-0.3, -0.25) is 4.79 Å². The predicted octanol–water partition coefficient (Wildman–Crippen LogP) is 7.88. The first-order valence-electron chi connectivity index (χ1n) is 13.0. The van der Waals surface area contributed by atoms with Crippen molar-refractivity contribution in [2.45, 2.75) is 83.3 Å². The lowest BCUT2D eigenvalue weighted by atomic mass is 9.71. The number of hydrogen-bond acceptors (Lipinski definition) is 3. The number of hydrogen-bond donors (Lipinski definition) is 1. The van der Waals surface area contributed by atoms with E-state index >= 15 is 0 Å². The minimum Gasteiger partial charge on any atom is -0.487 e. The molecule has 1 heterocycles. The van der Waals surface area contributed by atoms with Crippen molar-refractivity contribution in [3.8, 4) is 16.9 Å². The van der Waals surface area contributed by atoms with Gasteiger partial charge >= 0.3 is 0 Å². The second-order valence-electron chi connectivity index (χ2n) is 11.8. The highest BCUT2D eigenvalue weighted by atomic mass is 19.1. The number of benzene rings is 3. The van der Waals surface area contributed by atoms with E-state index in [-0.39, 0.29) is 28.5 Å².